The van der Waals surface area contributed by atoms with E-state index in [4.69, 9.17) is 4.74 Å². The number of ether oxygens (including phenoxy) is 1. The van der Waals surface area contributed by atoms with Crippen molar-refractivity contribution in [3.8, 4) is 11.4 Å². The standard InChI is InChI=1S/C17H16N2O/c1-14-12-16(13-20-17-10-6-3-7-11-17)19(18-14)15-8-4-2-5-9-15/h2-12H,13H2,1H3. The van der Waals surface area contributed by atoms with Crippen LogP contribution in [0.4, 0.5) is 0 Å². The number of nitrogens with zero attached hydrogens (tertiary/aromatic N) is 2. The lowest BCUT2D eigenvalue weighted by Gasteiger charge is -2.09. The van der Waals surface area contributed by atoms with Gasteiger partial charge in [0.05, 0.1) is 17.1 Å². The van der Waals surface area contributed by atoms with Crippen LogP contribution < -0.4 is 4.74 Å². The summed E-state index contributed by atoms with van der Waals surface area (Å²) in [6, 6.07) is 22.0. The van der Waals surface area contributed by atoms with Crippen LogP contribution in [-0.4, -0.2) is 9.78 Å². The minimum atomic E-state index is 0.500. The molecule has 3 rings (SSSR count). The van der Waals surface area contributed by atoms with E-state index in [1.165, 1.54) is 0 Å². The molecule has 100 valence electrons. The molecule has 0 aliphatic heterocycles. The van der Waals surface area contributed by atoms with Crippen LogP contribution in [0, 0.1) is 6.92 Å². The number of aromatic nitrogens is 2. The largest absolute Gasteiger partial charge is 0.487 e. The molecule has 0 aliphatic carbocycles. The van der Waals surface area contributed by atoms with Gasteiger partial charge in [0.2, 0.25) is 0 Å². The van der Waals surface area contributed by atoms with Crippen molar-refractivity contribution in [2.75, 3.05) is 0 Å². The first-order valence-corrected chi connectivity index (χ1v) is 6.62. The van der Waals surface area contributed by atoms with E-state index in [-0.39, 0.29) is 0 Å². The smallest absolute Gasteiger partial charge is 0.130 e. The van der Waals surface area contributed by atoms with Crippen molar-refractivity contribution in [3.63, 3.8) is 0 Å². The summed E-state index contributed by atoms with van der Waals surface area (Å²) < 4.78 is 7.74. The predicted octanol–water partition coefficient (Wildman–Crippen LogP) is 3.76. The molecule has 0 N–H and O–H groups in total. The topological polar surface area (TPSA) is 27.1 Å². The van der Waals surface area contributed by atoms with Crippen LogP contribution in [0.5, 0.6) is 5.75 Å². The molecule has 0 unspecified atom stereocenters. The van der Waals surface area contributed by atoms with Crippen LogP contribution in [0.1, 0.15) is 11.4 Å². The van der Waals surface area contributed by atoms with Gasteiger partial charge in [-0.15, -0.1) is 0 Å². The second-order valence-electron chi connectivity index (χ2n) is 4.63. The first kappa shape index (κ1) is 12.5. The van der Waals surface area contributed by atoms with Gasteiger partial charge in [-0.1, -0.05) is 36.4 Å². The summed E-state index contributed by atoms with van der Waals surface area (Å²) in [5.74, 6) is 0.867. The Bertz CT molecular complexity index is 675. The Kier molecular flexibility index (Phi) is 3.50. The summed E-state index contributed by atoms with van der Waals surface area (Å²) in [5.41, 5.74) is 3.07. The molecule has 0 bridgehead atoms. The zero-order valence-electron chi connectivity index (χ0n) is 11.4. The number of hydrogen-bond acceptors (Lipinski definition) is 2. The normalized spacial score (nSPS) is 10.4. The van der Waals surface area contributed by atoms with Gasteiger partial charge in [-0.25, -0.2) is 4.68 Å². The summed E-state index contributed by atoms with van der Waals surface area (Å²) in [6.07, 6.45) is 0. The van der Waals surface area contributed by atoms with Crippen LogP contribution >= 0.6 is 0 Å². The fourth-order valence-electron chi connectivity index (χ4n) is 2.12. The number of benzene rings is 2. The number of hydrogen-bond donors (Lipinski definition) is 0. The molecule has 1 aromatic heterocycles. The maximum Gasteiger partial charge on any atom is 0.130 e. The van der Waals surface area contributed by atoms with Crippen molar-refractivity contribution in [1.29, 1.82) is 0 Å². The molecule has 3 heteroatoms. The maximum atomic E-state index is 5.81. The van der Waals surface area contributed by atoms with Gasteiger partial charge < -0.3 is 4.74 Å². The molecule has 0 spiro atoms. The fraction of sp³-hybridized carbons (Fsp3) is 0.118. The fourth-order valence-corrected chi connectivity index (χ4v) is 2.12. The zero-order valence-corrected chi connectivity index (χ0v) is 11.4. The van der Waals surface area contributed by atoms with Crippen molar-refractivity contribution in [2.24, 2.45) is 0 Å². The minimum Gasteiger partial charge on any atom is -0.487 e. The number of para-hydroxylation sites is 2. The van der Waals surface area contributed by atoms with Gasteiger partial charge >= 0.3 is 0 Å². The molecule has 3 nitrogen and oxygen atoms in total. The van der Waals surface area contributed by atoms with Crippen molar-refractivity contribution in [3.05, 3.63) is 78.1 Å². The Hall–Kier alpha value is -2.55. The van der Waals surface area contributed by atoms with Crippen LogP contribution in [-0.2, 0) is 6.61 Å². The van der Waals surface area contributed by atoms with Gasteiger partial charge in [0.25, 0.3) is 0 Å². The van der Waals surface area contributed by atoms with E-state index in [0.717, 1.165) is 22.8 Å². The highest BCUT2D eigenvalue weighted by atomic mass is 16.5. The Morgan fingerprint density at radius 2 is 1.60 bits per heavy atom. The molecule has 0 aliphatic rings. The van der Waals surface area contributed by atoms with E-state index in [1.807, 2.05) is 72.3 Å². The van der Waals surface area contributed by atoms with E-state index < -0.39 is 0 Å². The zero-order chi connectivity index (χ0) is 13.8. The monoisotopic (exact) mass is 264 g/mol. The quantitative estimate of drug-likeness (QED) is 0.717. The molecule has 0 saturated heterocycles. The van der Waals surface area contributed by atoms with Gasteiger partial charge in [-0.05, 0) is 37.3 Å². The van der Waals surface area contributed by atoms with E-state index >= 15 is 0 Å². The number of aryl methyl sites for hydroxylation is 1. The van der Waals surface area contributed by atoms with Crippen molar-refractivity contribution in [1.82, 2.24) is 9.78 Å². The summed E-state index contributed by atoms with van der Waals surface area (Å²) in [6.45, 7) is 2.49. The average molecular weight is 264 g/mol. The summed E-state index contributed by atoms with van der Waals surface area (Å²) in [7, 11) is 0. The van der Waals surface area contributed by atoms with Crippen LogP contribution in [0.3, 0.4) is 0 Å². The molecule has 3 aromatic rings. The van der Waals surface area contributed by atoms with Crippen LogP contribution in [0.25, 0.3) is 5.69 Å². The Labute approximate surface area is 118 Å². The first-order chi connectivity index (χ1) is 9.83. The minimum absolute atomic E-state index is 0.500. The third kappa shape index (κ3) is 2.72. The van der Waals surface area contributed by atoms with Crippen molar-refractivity contribution in [2.45, 2.75) is 13.5 Å². The Morgan fingerprint density at radius 3 is 2.30 bits per heavy atom. The second kappa shape index (κ2) is 5.61. The van der Waals surface area contributed by atoms with Crippen molar-refractivity contribution < 1.29 is 4.74 Å². The Balaban J connectivity index is 1.84. The molecule has 0 atom stereocenters. The second-order valence-corrected chi connectivity index (χ2v) is 4.63. The van der Waals surface area contributed by atoms with E-state index in [1.54, 1.807) is 0 Å². The molecule has 0 fully saturated rings. The molecule has 0 saturated carbocycles. The third-order valence-electron chi connectivity index (χ3n) is 3.04. The SMILES string of the molecule is Cc1cc(COc2ccccc2)n(-c2ccccc2)n1. The molecule has 20 heavy (non-hydrogen) atoms. The molecule has 0 amide bonds. The highest BCUT2D eigenvalue weighted by molar-refractivity contribution is 5.33. The molecular formula is C17H16N2O. The highest BCUT2D eigenvalue weighted by Crippen LogP contribution is 2.16. The van der Waals surface area contributed by atoms with E-state index in [9.17, 15) is 0 Å². The van der Waals surface area contributed by atoms with Gasteiger partial charge in [0, 0.05) is 0 Å². The Morgan fingerprint density at radius 1 is 0.950 bits per heavy atom. The predicted molar refractivity (Wildman–Crippen MR) is 79.1 cm³/mol. The van der Waals surface area contributed by atoms with E-state index in [0.29, 0.717) is 6.61 Å². The molecule has 1 heterocycles. The summed E-state index contributed by atoms with van der Waals surface area (Å²) in [5, 5.41) is 4.53. The van der Waals surface area contributed by atoms with Crippen LogP contribution in [0.2, 0.25) is 0 Å². The van der Waals surface area contributed by atoms with Gasteiger partial charge in [0.1, 0.15) is 12.4 Å². The van der Waals surface area contributed by atoms with E-state index in [2.05, 4.69) is 11.2 Å². The van der Waals surface area contributed by atoms with Crippen LogP contribution in [0.15, 0.2) is 66.7 Å². The summed E-state index contributed by atoms with van der Waals surface area (Å²) >= 11 is 0. The maximum absolute atomic E-state index is 5.81. The first-order valence-electron chi connectivity index (χ1n) is 6.62. The number of rotatable bonds is 4. The van der Waals surface area contributed by atoms with Gasteiger partial charge in [-0.3, -0.25) is 0 Å². The highest BCUT2D eigenvalue weighted by Gasteiger charge is 2.08. The molecule has 2 aromatic carbocycles. The lowest BCUT2D eigenvalue weighted by molar-refractivity contribution is 0.297. The lowest BCUT2D eigenvalue weighted by atomic mass is 10.3. The molecular weight excluding hydrogens is 248 g/mol. The summed E-state index contributed by atoms with van der Waals surface area (Å²) in [4.78, 5) is 0. The molecule has 0 radical (unpaired) electrons. The van der Waals surface area contributed by atoms with Gasteiger partial charge in [0.15, 0.2) is 0 Å². The average Bonchev–Trinajstić information content (AvgIpc) is 2.88. The van der Waals surface area contributed by atoms with Gasteiger partial charge in [-0.2, -0.15) is 5.10 Å². The third-order valence-corrected chi connectivity index (χ3v) is 3.04. The van der Waals surface area contributed by atoms with Crippen molar-refractivity contribution >= 4 is 0 Å². The lowest BCUT2D eigenvalue weighted by Crippen LogP contribution is -2.05.